The number of hydrogen-bond donors (Lipinski definition) is 2. The van der Waals surface area contributed by atoms with Crippen molar-refractivity contribution in [3.8, 4) is 10.8 Å². The maximum Gasteiger partial charge on any atom is 0.271 e. The topological polar surface area (TPSA) is 110 Å². The third-order valence-corrected chi connectivity index (χ3v) is 3.53. The number of nitrogens with one attached hydrogen (secondary N) is 2. The van der Waals surface area contributed by atoms with E-state index in [-0.39, 0.29) is 12.5 Å². The molecule has 0 saturated heterocycles. The molecule has 0 unspecified atom stereocenters. The van der Waals surface area contributed by atoms with E-state index in [1.165, 1.54) is 11.3 Å². The Morgan fingerprint density at radius 1 is 1.55 bits per heavy atom. The van der Waals surface area contributed by atoms with Gasteiger partial charge >= 0.3 is 0 Å². The summed E-state index contributed by atoms with van der Waals surface area (Å²) in [5.41, 5.74) is 0.380. The van der Waals surface area contributed by atoms with Crippen molar-refractivity contribution < 1.29 is 9.21 Å². The molecule has 2 N–H and O–H groups in total. The zero-order valence-corrected chi connectivity index (χ0v) is 11.3. The van der Waals surface area contributed by atoms with Crippen molar-refractivity contribution in [2.24, 2.45) is 0 Å². The summed E-state index contributed by atoms with van der Waals surface area (Å²) in [5, 5.41) is 16.6. The molecule has 8 nitrogen and oxygen atoms in total. The normalized spacial score (nSPS) is 10.7. The van der Waals surface area contributed by atoms with Crippen molar-refractivity contribution in [2.75, 3.05) is 0 Å². The Morgan fingerprint density at radius 2 is 2.45 bits per heavy atom. The van der Waals surface area contributed by atoms with E-state index in [1.807, 2.05) is 6.92 Å². The highest BCUT2D eigenvalue weighted by Crippen LogP contribution is 2.27. The number of rotatable bonds is 4. The highest BCUT2D eigenvalue weighted by atomic mass is 32.1. The molecule has 0 bridgehead atoms. The van der Waals surface area contributed by atoms with Crippen LogP contribution in [0.25, 0.3) is 10.8 Å². The van der Waals surface area contributed by atoms with Crippen LogP contribution in [0, 0.1) is 6.92 Å². The molecule has 3 aromatic heterocycles. The Bertz CT molecular complexity index is 703. The van der Waals surface area contributed by atoms with Gasteiger partial charge in [0.25, 0.3) is 5.91 Å². The third kappa shape index (κ3) is 2.43. The number of amides is 1. The summed E-state index contributed by atoms with van der Waals surface area (Å²) in [5.74, 6) is 0.786. The Kier molecular flexibility index (Phi) is 3.25. The van der Waals surface area contributed by atoms with Crippen LogP contribution in [-0.4, -0.2) is 31.5 Å². The lowest BCUT2D eigenvalue weighted by Crippen LogP contribution is -2.24. The van der Waals surface area contributed by atoms with E-state index in [2.05, 4.69) is 30.9 Å². The molecule has 0 fully saturated rings. The first kappa shape index (κ1) is 12.5. The predicted molar refractivity (Wildman–Crippen MR) is 69.9 cm³/mol. The molecular formula is C11H10N6O2S. The smallest absolute Gasteiger partial charge is 0.271 e. The van der Waals surface area contributed by atoms with Gasteiger partial charge in [0.2, 0.25) is 0 Å². The molecule has 102 valence electrons. The van der Waals surface area contributed by atoms with Gasteiger partial charge in [-0.25, -0.2) is 4.98 Å². The Balaban J connectivity index is 1.75. The maximum atomic E-state index is 12.1. The highest BCUT2D eigenvalue weighted by Gasteiger charge is 2.17. The number of carbonyl (C=O) groups is 1. The minimum atomic E-state index is -0.277. The lowest BCUT2D eigenvalue weighted by molar-refractivity contribution is 0.0945. The van der Waals surface area contributed by atoms with Crippen LogP contribution in [0.4, 0.5) is 0 Å². The van der Waals surface area contributed by atoms with Crippen LogP contribution in [0.1, 0.15) is 21.2 Å². The minimum Gasteiger partial charge on any atom is -0.462 e. The van der Waals surface area contributed by atoms with Gasteiger partial charge in [0, 0.05) is 4.88 Å². The second kappa shape index (κ2) is 5.21. The number of aryl methyl sites for hydroxylation is 1. The molecule has 3 rings (SSSR count). The molecule has 3 heterocycles. The fourth-order valence-electron chi connectivity index (χ4n) is 1.61. The number of aromatic amines is 1. The Hall–Kier alpha value is -2.55. The van der Waals surface area contributed by atoms with Gasteiger partial charge < -0.3 is 9.73 Å². The largest absolute Gasteiger partial charge is 0.462 e. The number of tetrazole rings is 1. The average Bonchev–Trinajstić information content (AvgIpc) is 3.17. The predicted octanol–water partition coefficient (Wildman–Crippen LogP) is 1.15. The standard InChI is InChI=1S/C11H10N6O2S/c1-6-9(10(18)12-5-8-14-16-17-15-8)13-11(20-6)7-3-2-4-19-7/h2-4H,5H2,1H3,(H,12,18)(H,14,15,16,17). The molecule has 0 aliphatic carbocycles. The van der Waals surface area contributed by atoms with E-state index >= 15 is 0 Å². The van der Waals surface area contributed by atoms with Crippen LogP contribution in [0.15, 0.2) is 22.8 Å². The average molecular weight is 290 g/mol. The number of carbonyl (C=O) groups excluding carboxylic acids is 1. The molecule has 1 amide bonds. The summed E-state index contributed by atoms with van der Waals surface area (Å²) in [6.07, 6.45) is 1.57. The molecular weight excluding hydrogens is 280 g/mol. The van der Waals surface area contributed by atoms with Crippen LogP contribution in [-0.2, 0) is 6.54 Å². The van der Waals surface area contributed by atoms with Crippen molar-refractivity contribution >= 4 is 17.2 Å². The van der Waals surface area contributed by atoms with Gasteiger partial charge in [0.15, 0.2) is 16.6 Å². The van der Waals surface area contributed by atoms with Crippen molar-refractivity contribution in [3.63, 3.8) is 0 Å². The lowest BCUT2D eigenvalue weighted by atomic mass is 10.3. The van der Waals surface area contributed by atoms with E-state index < -0.39 is 0 Å². The van der Waals surface area contributed by atoms with Gasteiger partial charge in [0.05, 0.1) is 12.8 Å². The first-order valence-corrected chi connectivity index (χ1v) is 6.57. The number of H-pyrrole nitrogens is 1. The van der Waals surface area contributed by atoms with Gasteiger partial charge in [0.1, 0.15) is 5.69 Å². The zero-order chi connectivity index (χ0) is 13.9. The number of nitrogens with zero attached hydrogens (tertiary/aromatic N) is 4. The molecule has 3 aromatic rings. The van der Waals surface area contributed by atoms with E-state index in [4.69, 9.17) is 4.42 Å². The fourth-order valence-corrected chi connectivity index (χ4v) is 2.49. The zero-order valence-electron chi connectivity index (χ0n) is 10.5. The quantitative estimate of drug-likeness (QED) is 0.746. The summed E-state index contributed by atoms with van der Waals surface area (Å²) in [7, 11) is 0. The molecule has 0 aliphatic rings. The number of hydrogen-bond acceptors (Lipinski definition) is 7. The van der Waals surface area contributed by atoms with Crippen LogP contribution < -0.4 is 5.32 Å². The van der Waals surface area contributed by atoms with Gasteiger partial charge in [-0.05, 0) is 19.1 Å². The van der Waals surface area contributed by atoms with E-state index in [1.54, 1.807) is 18.4 Å². The lowest BCUT2D eigenvalue weighted by Gasteiger charge is -1.99. The van der Waals surface area contributed by atoms with Gasteiger partial charge in [-0.2, -0.15) is 5.21 Å². The Labute approximate surface area is 117 Å². The number of furan rings is 1. The monoisotopic (exact) mass is 290 g/mol. The van der Waals surface area contributed by atoms with Gasteiger partial charge in [-0.1, -0.05) is 5.21 Å². The molecule has 0 aliphatic heterocycles. The molecule has 0 atom stereocenters. The number of aromatic nitrogens is 5. The fraction of sp³-hybridized carbons (Fsp3) is 0.182. The molecule has 0 radical (unpaired) electrons. The SMILES string of the molecule is Cc1sc(-c2ccco2)nc1C(=O)NCc1nn[nH]n1. The van der Waals surface area contributed by atoms with Gasteiger partial charge in [-0.3, -0.25) is 4.79 Å². The summed E-state index contributed by atoms with van der Waals surface area (Å²) in [6.45, 7) is 2.04. The third-order valence-electron chi connectivity index (χ3n) is 2.54. The Morgan fingerprint density at radius 3 is 3.15 bits per heavy atom. The van der Waals surface area contributed by atoms with E-state index in [0.717, 1.165) is 4.88 Å². The molecule has 0 saturated carbocycles. The van der Waals surface area contributed by atoms with Crippen LogP contribution in [0.2, 0.25) is 0 Å². The van der Waals surface area contributed by atoms with Crippen LogP contribution in [0.5, 0.6) is 0 Å². The highest BCUT2D eigenvalue weighted by molar-refractivity contribution is 7.15. The molecule has 0 aromatic carbocycles. The summed E-state index contributed by atoms with van der Waals surface area (Å²) >= 11 is 1.41. The number of thiazole rings is 1. The first-order chi connectivity index (χ1) is 9.74. The second-order valence-corrected chi connectivity index (χ2v) is 5.12. The van der Waals surface area contributed by atoms with E-state index in [0.29, 0.717) is 22.3 Å². The second-order valence-electron chi connectivity index (χ2n) is 3.91. The van der Waals surface area contributed by atoms with Crippen molar-refractivity contribution in [2.45, 2.75) is 13.5 Å². The minimum absolute atomic E-state index is 0.197. The van der Waals surface area contributed by atoms with Crippen molar-refractivity contribution in [3.05, 3.63) is 34.8 Å². The molecule has 9 heteroatoms. The molecule has 20 heavy (non-hydrogen) atoms. The summed E-state index contributed by atoms with van der Waals surface area (Å²) in [4.78, 5) is 17.2. The first-order valence-electron chi connectivity index (χ1n) is 5.76. The van der Waals surface area contributed by atoms with Crippen molar-refractivity contribution in [1.29, 1.82) is 0 Å². The maximum absolute atomic E-state index is 12.1. The summed E-state index contributed by atoms with van der Waals surface area (Å²) in [6, 6.07) is 3.58. The van der Waals surface area contributed by atoms with Crippen LogP contribution >= 0.6 is 11.3 Å². The van der Waals surface area contributed by atoms with Crippen molar-refractivity contribution in [1.82, 2.24) is 30.9 Å². The van der Waals surface area contributed by atoms with Crippen LogP contribution in [0.3, 0.4) is 0 Å². The molecule has 0 spiro atoms. The summed E-state index contributed by atoms with van der Waals surface area (Å²) < 4.78 is 5.27. The van der Waals surface area contributed by atoms with Gasteiger partial charge in [-0.15, -0.1) is 21.5 Å². The van der Waals surface area contributed by atoms with E-state index in [9.17, 15) is 4.79 Å².